The van der Waals surface area contributed by atoms with Crippen molar-refractivity contribution in [3.63, 3.8) is 0 Å². The highest BCUT2D eigenvalue weighted by atomic mass is 79.9. The van der Waals surface area contributed by atoms with E-state index in [4.69, 9.17) is 9.47 Å². The Kier molecular flexibility index (Phi) is 6.06. The van der Waals surface area contributed by atoms with E-state index >= 15 is 0 Å². The maximum atomic E-state index is 11.9. The molecule has 0 aromatic heterocycles. The number of nitrogens with one attached hydrogen (secondary N) is 1. The van der Waals surface area contributed by atoms with Gasteiger partial charge < -0.3 is 14.8 Å². The minimum Gasteiger partial charge on any atom is -0.481 e. The molecule has 2 rings (SSSR count). The van der Waals surface area contributed by atoms with Crippen LogP contribution in [-0.4, -0.2) is 30.1 Å². The van der Waals surface area contributed by atoms with E-state index in [1.165, 1.54) is 6.92 Å². The molecule has 2 aromatic carbocycles. The van der Waals surface area contributed by atoms with Gasteiger partial charge in [-0.1, -0.05) is 30.3 Å². The van der Waals surface area contributed by atoms with Gasteiger partial charge in [-0.25, -0.2) is 4.79 Å². The Morgan fingerprint density at radius 2 is 1.84 bits per heavy atom. The molecule has 0 radical (unpaired) electrons. The lowest BCUT2D eigenvalue weighted by Crippen LogP contribution is -2.46. The monoisotopic (exact) mass is 407 g/mol. The molecule has 0 aliphatic rings. The summed E-state index contributed by atoms with van der Waals surface area (Å²) in [5, 5.41) is 4.82. The molecule has 6 heteroatoms. The van der Waals surface area contributed by atoms with Crippen molar-refractivity contribution in [3.05, 3.63) is 40.9 Å². The third-order valence-electron chi connectivity index (χ3n) is 3.35. The van der Waals surface area contributed by atoms with Gasteiger partial charge in [-0.15, -0.1) is 0 Å². The Morgan fingerprint density at radius 3 is 2.52 bits per heavy atom. The number of carbonyl (C=O) groups excluding carboxylic acids is 2. The summed E-state index contributed by atoms with van der Waals surface area (Å²) in [7, 11) is 0. The van der Waals surface area contributed by atoms with Gasteiger partial charge in [-0.2, -0.15) is 0 Å². The lowest BCUT2D eigenvalue weighted by Gasteiger charge is -2.23. The Labute approximate surface area is 155 Å². The summed E-state index contributed by atoms with van der Waals surface area (Å²) >= 11 is 3.50. The minimum atomic E-state index is -0.879. The number of hydrogen-bond acceptors (Lipinski definition) is 4. The minimum absolute atomic E-state index is 0.274. The Hall–Kier alpha value is -2.08. The first kappa shape index (κ1) is 19.2. The molecule has 0 spiro atoms. The number of esters is 1. The molecule has 0 aliphatic carbocycles. The van der Waals surface area contributed by atoms with E-state index in [2.05, 4.69) is 21.2 Å². The van der Waals surface area contributed by atoms with Gasteiger partial charge >= 0.3 is 5.97 Å². The summed E-state index contributed by atoms with van der Waals surface area (Å²) < 4.78 is 11.4. The van der Waals surface area contributed by atoms with E-state index in [1.54, 1.807) is 6.07 Å². The predicted octanol–water partition coefficient (Wildman–Crippen LogP) is 3.83. The molecule has 1 amide bonds. The average Bonchev–Trinajstić information content (AvgIpc) is 2.53. The molecular weight excluding hydrogens is 386 g/mol. The molecule has 0 bridgehead atoms. The summed E-state index contributed by atoms with van der Waals surface area (Å²) in [4.78, 5) is 23.9. The third kappa shape index (κ3) is 5.46. The quantitative estimate of drug-likeness (QED) is 0.764. The van der Waals surface area contributed by atoms with E-state index in [9.17, 15) is 9.59 Å². The van der Waals surface area contributed by atoms with E-state index in [0.29, 0.717) is 5.75 Å². The standard InChI is InChI=1S/C19H22BrNO4/c1-12(18(23)21-19(2,3)4)25-16(22)11-24-15-10-9-13-7-5-6-8-14(13)17(15)20/h5-10,12H,11H2,1-4H3,(H,21,23). The van der Waals surface area contributed by atoms with Crippen molar-refractivity contribution in [1.82, 2.24) is 5.32 Å². The zero-order valence-electron chi connectivity index (χ0n) is 14.8. The maximum absolute atomic E-state index is 11.9. The Morgan fingerprint density at radius 1 is 1.16 bits per heavy atom. The lowest BCUT2D eigenvalue weighted by molar-refractivity contribution is -0.157. The van der Waals surface area contributed by atoms with Crippen LogP contribution in [0.2, 0.25) is 0 Å². The predicted molar refractivity (Wildman–Crippen MR) is 101 cm³/mol. The molecule has 5 nitrogen and oxygen atoms in total. The van der Waals surface area contributed by atoms with Gasteiger partial charge in [0.1, 0.15) is 5.75 Å². The van der Waals surface area contributed by atoms with Gasteiger partial charge in [0, 0.05) is 5.54 Å². The number of rotatable bonds is 5. The number of benzene rings is 2. The van der Waals surface area contributed by atoms with Gasteiger partial charge in [0.25, 0.3) is 5.91 Å². The SMILES string of the molecule is CC(OC(=O)COc1ccc2ccccc2c1Br)C(=O)NC(C)(C)C. The van der Waals surface area contributed by atoms with Crippen LogP contribution in [0.3, 0.4) is 0 Å². The number of fused-ring (bicyclic) bond motifs is 1. The molecule has 25 heavy (non-hydrogen) atoms. The number of carbonyl (C=O) groups is 2. The van der Waals surface area contributed by atoms with Gasteiger partial charge in [-0.05, 0) is 60.5 Å². The van der Waals surface area contributed by atoms with Gasteiger partial charge in [0.05, 0.1) is 4.47 Å². The molecule has 2 aromatic rings. The van der Waals surface area contributed by atoms with Gasteiger partial charge in [0.2, 0.25) is 0 Å². The average molecular weight is 408 g/mol. The van der Waals surface area contributed by atoms with E-state index in [0.717, 1.165) is 15.2 Å². The molecule has 134 valence electrons. The first-order valence-corrected chi connectivity index (χ1v) is 8.78. The normalized spacial score (nSPS) is 12.5. The largest absolute Gasteiger partial charge is 0.481 e. The van der Waals surface area contributed by atoms with Crippen LogP contribution in [0.15, 0.2) is 40.9 Å². The molecular formula is C19H22BrNO4. The van der Waals surface area contributed by atoms with Crippen LogP contribution >= 0.6 is 15.9 Å². The molecule has 0 aliphatic heterocycles. The van der Waals surface area contributed by atoms with Crippen molar-refractivity contribution in [3.8, 4) is 5.75 Å². The van der Waals surface area contributed by atoms with Crippen LogP contribution in [-0.2, 0) is 14.3 Å². The molecule has 1 atom stereocenters. The van der Waals surface area contributed by atoms with E-state index < -0.39 is 12.1 Å². The van der Waals surface area contributed by atoms with Crippen LogP contribution in [0.1, 0.15) is 27.7 Å². The summed E-state index contributed by atoms with van der Waals surface area (Å²) in [5.74, 6) is -0.396. The smallest absolute Gasteiger partial charge is 0.344 e. The zero-order chi connectivity index (χ0) is 18.6. The summed E-state index contributed by atoms with van der Waals surface area (Å²) in [6, 6.07) is 11.5. The van der Waals surface area contributed by atoms with Crippen molar-refractivity contribution in [2.45, 2.75) is 39.3 Å². The molecule has 0 saturated carbocycles. The highest BCUT2D eigenvalue weighted by molar-refractivity contribution is 9.10. The maximum Gasteiger partial charge on any atom is 0.344 e. The number of ether oxygens (including phenoxy) is 2. The third-order valence-corrected chi connectivity index (χ3v) is 4.17. The van der Waals surface area contributed by atoms with Crippen molar-refractivity contribution in [2.75, 3.05) is 6.61 Å². The zero-order valence-corrected chi connectivity index (χ0v) is 16.3. The fourth-order valence-electron chi connectivity index (χ4n) is 2.22. The summed E-state index contributed by atoms with van der Waals surface area (Å²) in [6.45, 7) is 6.84. The van der Waals surface area contributed by atoms with Crippen molar-refractivity contribution in [2.24, 2.45) is 0 Å². The number of halogens is 1. The van der Waals surface area contributed by atoms with Crippen LogP contribution in [0.25, 0.3) is 10.8 Å². The van der Waals surface area contributed by atoms with E-state index in [-0.39, 0.29) is 18.1 Å². The van der Waals surface area contributed by atoms with Crippen molar-refractivity contribution in [1.29, 1.82) is 0 Å². The topological polar surface area (TPSA) is 64.6 Å². The molecule has 1 N–H and O–H groups in total. The van der Waals surface area contributed by atoms with Crippen molar-refractivity contribution >= 4 is 38.6 Å². The van der Waals surface area contributed by atoms with Crippen LogP contribution in [0.4, 0.5) is 0 Å². The number of hydrogen-bond donors (Lipinski definition) is 1. The first-order chi connectivity index (χ1) is 11.7. The molecule has 1 unspecified atom stereocenters. The van der Waals surface area contributed by atoms with Crippen LogP contribution < -0.4 is 10.1 Å². The second-order valence-electron chi connectivity index (χ2n) is 6.76. The summed E-state index contributed by atoms with van der Waals surface area (Å²) in [6.07, 6.45) is -0.879. The lowest BCUT2D eigenvalue weighted by atomic mass is 10.1. The molecule has 0 fully saturated rings. The van der Waals surface area contributed by atoms with Gasteiger partial charge in [-0.3, -0.25) is 4.79 Å². The highest BCUT2D eigenvalue weighted by Crippen LogP contribution is 2.32. The van der Waals surface area contributed by atoms with Crippen LogP contribution in [0, 0.1) is 0 Å². The Bertz CT molecular complexity index is 783. The fourth-order valence-corrected chi connectivity index (χ4v) is 2.83. The first-order valence-electron chi connectivity index (χ1n) is 7.99. The van der Waals surface area contributed by atoms with Crippen LogP contribution in [0.5, 0.6) is 5.75 Å². The Balaban J connectivity index is 1.94. The fraction of sp³-hybridized carbons (Fsp3) is 0.368. The van der Waals surface area contributed by atoms with Gasteiger partial charge in [0.15, 0.2) is 12.7 Å². The van der Waals surface area contributed by atoms with Crippen molar-refractivity contribution < 1.29 is 19.1 Å². The molecule has 0 saturated heterocycles. The second kappa shape index (κ2) is 7.87. The number of amides is 1. The molecule has 0 heterocycles. The van der Waals surface area contributed by atoms with E-state index in [1.807, 2.05) is 51.1 Å². The highest BCUT2D eigenvalue weighted by Gasteiger charge is 2.22. The summed E-state index contributed by atoms with van der Waals surface area (Å²) in [5.41, 5.74) is -0.385. The second-order valence-corrected chi connectivity index (χ2v) is 7.55.